The highest BCUT2D eigenvalue weighted by molar-refractivity contribution is 5.93. The first-order chi connectivity index (χ1) is 14.0. The van der Waals surface area contributed by atoms with Crippen LogP contribution in [0.3, 0.4) is 0 Å². The maximum absolute atomic E-state index is 12.7. The summed E-state index contributed by atoms with van der Waals surface area (Å²) in [4.78, 5) is 30.4. The van der Waals surface area contributed by atoms with Gasteiger partial charge in [0.25, 0.3) is 11.5 Å². The Balaban J connectivity index is 1.37. The molecular weight excluding hydrogens is 372 g/mol. The van der Waals surface area contributed by atoms with Crippen molar-refractivity contribution in [3.8, 4) is 17.1 Å². The zero-order valence-corrected chi connectivity index (χ0v) is 16.4. The van der Waals surface area contributed by atoms with Crippen molar-refractivity contribution < 1.29 is 14.1 Å². The van der Waals surface area contributed by atoms with Gasteiger partial charge in [0.2, 0.25) is 0 Å². The molecule has 1 aliphatic rings. The Morgan fingerprint density at radius 3 is 2.72 bits per heavy atom. The van der Waals surface area contributed by atoms with Crippen LogP contribution in [0, 0.1) is 6.92 Å². The lowest BCUT2D eigenvalue weighted by Crippen LogP contribution is -2.42. The Bertz CT molecular complexity index is 1070. The molecule has 0 unspecified atom stereocenters. The third kappa shape index (κ3) is 4.06. The van der Waals surface area contributed by atoms with Gasteiger partial charge in [-0.3, -0.25) is 14.6 Å². The van der Waals surface area contributed by atoms with E-state index in [9.17, 15) is 9.59 Å². The highest BCUT2D eigenvalue weighted by Gasteiger charge is 2.27. The highest BCUT2D eigenvalue weighted by Crippen LogP contribution is 2.22. The number of aryl methyl sites for hydroxylation is 1. The summed E-state index contributed by atoms with van der Waals surface area (Å²) in [7, 11) is 1.73. The van der Waals surface area contributed by atoms with Crippen molar-refractivity contribution in [1.82, 2.24) is 19.6 Å². The Labute approximate surface area is 167 Å². The van der Waals surface area contributed by atoms with Gasteiger partial charge in [-0.05, 0) is 25.1 Å². The molecule has 1 aliphatic heterocycles. The number of rotatable bonds is 4. The summed E-state index contributed by atoms with van der Waals surface area (Å²) in [5.74, 6) is 0.931. The number of hydrogen-bond donors (Lipinski definition) is 0. The summed E-state index contributed by atoms with van der Waals surface area (Å²) in [6.45, 7) is 2.98. The average molecular weight is 394 g/mol. The Kier molecular flexibility index (Phi) is 5.16. The van der Waals surface area contributed by atoms with Gasteiger partial charge in [-0.2, -0.15) is 0 Å². The van der Waals surface area contributed by atoms with Gasteiger partial charge in [0.1, 0.15) is 11.9 Å². The summed E-state index contributed by atoms with van der Waals surface area (Å²) < 4.78 is 12.9. The minimum atomic E-state index is -0.160. The van der Waals surface area contributed by atoms with Crippen LogP contribution in [-0.2, 0) is 7.05 Å². The van der Waals surface area contributed by atoms with Crippen LogP contribution < -0.4 is 10.3 Å². The minimum absolute atomic E-state index is 0.0335. The Morgan fingerprint density at radius 2 is 2.03 bits per heavy atom. The van der Waals surface area contributed by atoms with Crippen LogP contribution >= 0.6 is 0 Å². The second-order valence-electron chi connectivity index (χ2n) is 7.16. The Morgan fingerprint density at radius 1 is 1.24 bits per heavy atom. The van der Waals surface area contributed by atoms with E-state index in [2.05, 4.69) is 10.1 Å². The zero-order chi connectivity index (χ0) is 20.4. The van der Waals surface area contributed by atoms with Crippen molar-refractivity contribution in [3.63, 3.8) is 0 Å². The number of aromatic nitrogens is 3. The number of carbonyl (C=O) groups is 1. The standard InChI is InChI=1S/C21H22N4O4/c1-14-10-17(11-20(26)24(14)2)28-16-5-8-25(9-6-16)21(27)18-12-19(29-23-18)15-4-3-7-22-13-15/h3-4,7,10-13,16H,5-6,8-9H2,1-2H3. The van der Waals surface area contributed by atoms with E-state index in [1.165, 1.54) is 6.07 Å². The van der Waals surface area contributed by atoms with Gasteiger partial charge < -0.3 is 18.7 Å². The normalized spacial score (nSPS) is 14.8. The SMILES string of the molecule is Cc1cc(OC2CCN(C(=O)c3cc(-c4cccnc4)on3)CC2)cc(=O)n1C. The fourth-order valence-electron chi connectivity index (χ4n) is 3.36. The van der Waals surface area contributed by atoms with E-state index in [1.807, 2.05) is 19.1 Å². The summed E-state index contributed by atoms with van der Waals surface area (Å²) in [5, 5.41) is 3.92. The fourth-order valence-corrected chi connectivity index (χ4v) is 3.36. The summed E-state index contributed by atoms with van der Waals surface area (Å²) in [6.07, 6.45) is 4.68. The second-order valence-corrected chi connectivity index (χ2v) is 7.16. The molecule has 0 aliphatic carbocycles. The van der Waals surface area contributed by atoms with Crippen molar-refractivity contribution >= 4 is 5.91 Å². The monoisotopic (exact) mass is 394 g/mol. The van der Waals surface area contributed by atoms with Crippen LogP contribution in [0.1, 0.15) is 29.0 Å². The fraction of sp³-hybridized carbons (Fsp3) is 0.333. The summed E-state index contributed by atoms with van der Waals surface area (Å²) >= 11 is 0. The molecule has 8 nitrogen and oxygen atoms in total. The van der Waals surface area contributed by atoms with Crippen LogP contribution in [0.4, 0.5) is 0 Å². The van der Waals surface area contributed by atoms with Crippen LogP contribution in [0.25, 0.3) is 11.3 Å². The van der Waals surface area contributed by atoms with Gasteiger partial charge in [-0.1, -0.05) is 5.16 Å². The largest absolute Gasteiger partial charge is 0.490 e. The molecule has 0 spiro atoms. The van der Waals surface area contributed by atoms with E-state index in [0.29, 0.717) is 37.4 Å². The van der Waals surface area contributed by atoms with E-state index in [4.69, 9.17) is 9.26 Å². The van der Waals surface area contributed by atoms with E-state index < -0.39 is 0 Å². The van der Waals surface area contributed by atoms with Crippen LogP contribution in [0.15, 0.2) is 52.0 Å². The quantitative estimate of drug-likeness (QED) is 0.675. The highest BCUT2D eigenvalue weighted by atomic mass is 16.5. The molecule has 0 radical (unpaired) electrons. The van der Waals surface area contributed by atoms with Gasteiger partial charge >= 0.3 is 0 Å². The minimum Gasteiger partial charge on any atom is -0.490 e. The van der Waals surface area contributed by atoms with E-state index in [1.54, 1.807) is 41.0 Å². The molecule has 8 heteroatoms. The number of nitrogens with zero attached hydrogens (tertiary/aromatic N) is 4. The second kappa shape index (κ2) is 7.90. The number of pyridine rings is 2. The van der Waals surface area contributed by atoms with E-state index >= 15 is 0 Å². The van der Waals surface area contributed by atoms with Crippen molar-refractivity contribution in [2.45, 2.75) is 25.9 Å². The summed E-state index contributed by atoms with van der Waals surface area (Å²) in [6, 6.07) is 8.65. The lowest BCUT2D eigenvalue weighted by atomic mass is 10.1. The molecule has 0 bridgehead atoms. The van der Waals surface area contributed by atoms with Crippen LogP contribution in [-0.4, -0.2) is 44.7 Å². The molecule has 1 amide bonds. The molecule has 4 rings (SSSR count). The molecule has 29 heavy (non-hydrogen) atoms. The molecule has 150 valence electrons. The molecule has 3 aromatic heterocycles. The molecule has 0 atom stereocenters. The van der Waals surface area contributed by atoms with Gasteiger partial charge in [0, 0.05) is 68.8 Å². The molecular formula is C21H22N4O4. The molecule has 3 aromatic rings. The first-order valence-corrected chi connectivity index (χ1v) is 9.52. The van der Waals surface area contributed by atoms with Crippen LogP contribution in [0.5, 0.6) is 5.75 Å². The lowest BCUT2D eigenvalue weighted by molar-refractivity contribution is 0.0586. The topological polar surface area (TPSA) is 90.5 Å². The average Bonchev–Trinajstić information content (AvgIpc) is 3.23. The molecule has 1 saturated heterocycles. The number of ether oxygens (including phenoxy) is 1. The smallest absolute Gasteiger partial charge is 0.276 e. The third-order valence-corrected chi connectivity index (χ3v) is 5.18. The Hall–Kier alpha value is -3.42. The molecule has 4 heterocycles. The lowest BCUT2D eigenvalue weighted by Gasteiger charge is -2.31. The van der Waals surface area contributed by atoms with E-state index in [0.717, 1.165) is 11.3 Å². The first kappa shape index (κ1) is 18.9. The van der Waals surface area contributed by atoms with E-state index in [-0.39, 0.29) is 23.3 Å². The van der Waals surface area contributed by atoms with Gasteiger partial charge in [0.05, 0.1) is 0 Å². The predicted molar refractivity (Wildman–Crippen MR) is 106 cm³/mol. The number of hydrogen-bond acceptors (Lipinski definition) is 6. The molecule has 1 fully saturated rings. The number of carbonyl (C=O) groups excluding carboxylic acids is 1. The first-order valence-electron chi connectivity index (χ1n) is 9.52. The van der Waals surface area contributed by atoms with Crippen molar-refractivity contribution in [2.75, 3.05) is 13.1 Å². The van der Waals surface area contributed by atoms with Crippen molar-refractivity contribution in [3.05, 3.63) is 64.5 Å². The summed E-state index contributed by atoms with van der Waals surface area (Å²) in [5.41, 5.74) is 1.81. The maximum Gasteiger partial charge on any atom is 0.276 e. The molecule has 0 N–H and O–H groups in total. The van der Waals surface area contributed by atoms with Crippen LogP contribution in [0.2, 0.25) is 0 Å². The van der Waals surface area contributed by atoms with Crippen molar-refractivity contribution in [1.29, 1.82) is 0 Å². The molecule has 0 saturated carbocycles. The number of piperidine rings is 1. The zero-order valence-electron chi connectivity index (χ0n) is 16.4. The predicted octanol–water partition coefficient (Wildman–Crippen LogP) is 2.43. The molecule has 0 aromatic carbocycles. The number of likely N-dealkylation sites (tertiary alicyclic amines) is 1. The van der Waals surface area contributed by atoms with Gasteiger partial charge in [-0.25, -0.2) is 0 Å². The third-order valence-electron chi connectivity index (χ3n) is 5.18. The van der Waals surface area contributed by atoms with Gasteiger partial charge in [0.15, 0.2) is 11.5 Å². The van der Waals surface area contributed by atoms with Gasteiger partial charge in [-0.15, -0.1) is 0 Å². The number of amides is 1. The maximum atomic E-state index is 12.7. The van der Waals surface area contributed by atoms with Crippen molar-refractivity contribution in [2.24, 2.45) is 7.05 Å².